The van der Waals surface area contributed by atoms with E-state index in [9.17, 15) is 4.79 Å². The molecule has 1 heterocycles. The van der Waals surface area contributed by atoms with Crippen molar-refractivity contribution >= 4 is 23.2 Å². The van der Waals surface area contributed by atoms with Crippen LogP contribution in [-0.4, -0.2) is 34.3 Å². The summed E-state index contributed by atoms with van der Waals surface area (Å²) in [7, 11) is 0. The summed E-state index contributed by atoms with van der Waals surface area (Å²) in [5.41, 5.74) is 0.690. The van der Waals surface area contributed by atoms with Gasteiger partial charge in [-0.2, -0.15) is 0 Å². The van der Waals surface area contributed by atoms with Gasteiger partial charge in [0.05, 0.1) is 0 Å². The Hall–Kier alpha value is -1.53. The van der Waals surface area contributed by atoms with Crippen molar-refractivity contribution in [2.75, 3.05) is 13.2 Å². The minimum Gasteiger partial charge on any atom is -0.396 e. The fourth-order valence-electron chi connectivity index (χ4n) is 0.998. The highest BCUT2D eigenvalue weighted by Crippen LogP contribution is 1.96. The van der Waals surface area contributed by atoms with E-state index in [1.807, 2.05) is 0 Å². The van der Waals surface area contributed by atoms with Crippen molar-refractivity contribution in [1.29, 1.82) is 0 Å². The SMILES string of the molecule is O=C(NCCCO)NC(=S)c1cccnc1. The fourth-order valence-corrected chi connectivity index (χ4v) is 1.21. The molecule has 0 radical (unpaired) electrons. The van der Waals surface area contributed by atoms with Crippen molar-refractivity contribution in [2.45, 2.75) is 6.42 Å². The number of nitrogens with one attached hydrogen (secondary N) is 2. The van der Waals surface area contributed by atoms with Crippen LogP contribution >= 0.6 is 12.2 Å². The van der Waals surface area contributed by atoms with Gasteiger partial charge in [0.15, 0.2) is 0 Å². The molecule has 1 rings (SSSR count). The Bertz CT molecular complexity index is 356. The van der Waals surface area contributed by atoms with Crippen molar-refractivity contribution in [1.82, 2.24) is 15.6 Å². The molecule has 0 aliphatic heterocycles. The van der Waals surface area contributed by atoms with Gasteiger partial charge in [-0.3, -0.25) is 10.3 Å². The first-order valence-electron chi connectivity index (χ1n) is 4.84. The normalized spacial score (nSPS) is 9.56. The van der Waals surface area contributed by atoms with Crippen molar-refractivity contribution < 1.29 is 9.90 Å². The van der Waals surface area contributed by atoms with Crippen molar-refractivity contribution in [3.63, 3.8) is 0 Å². The highest BCUT2D eigenvalue weighted by atomic mass is 32.1. The number of amides is 2. The molecule has 0 atom stereocenters. The molecule has 0 bridgehead atoms. The van der Waals surface area contributed by atoms with E-state index >= 15 is 0 Å². The molecule has 1 aromatic rings. The highest BCUT2D eigenvalue weighted by molar-refractivity contribution is 7.80. The van der Waals surface area contributed by atoms with Gasteiger partial charge in [0, 0.05) is 31.1 Å². The van der Waals surface area contributed by atoms with Crippen LogP contribution in [0.15, 0.2) is 24.5 Å². The predicted molar refractivity (Wildman–Crippen MR) is 64.2 cm³/mol. The molecular weight excluding hydrogens is 226 g/mol. The van der Waals surface area contributed by atoms with E-state index in [4.69, 9.17) is 17.3 Å². The second-order valence-corrected chi connectivity index (χ2v) is 3.44. The van der Waals surface area contributed by atoms with Gasteiger partial charge in [-0.25, -0.2) is 4.79 Å². The molecule has 0 spiro atoms. The van der Waals surface area contributed by atoms with Crippen molar-refractivity contribution in [3.05, 3.63) is 30.1 Å². The number of aliphatic hydroxyl groups is 1. The quantitative estimate of drug-likeness (QED) is 0.526. The first-order chi connectivity index (χ1) is 7.74. The zero-order valence-electron chi connectivity index (χ0n) is 8.64. The first-order valence-corrected chi connectivity index (χ1v) is 5.25. The number of pyridine rings is 1. The summed E-state index contributed by atoms with van der Waals surface area (Å²) in [5.74, 6) is 0. The monoisotopic (exact) mass is 239 g/mol. The van der Waals surface area contributed by atoms with Crippen LogP contribution in [-0.2, 0) is 0 Å². The van der Waals surface area contributed by atoms with Crippen molar-refractivity contribution in [2.24, 2.45) is 0 Å². The number of hydrogen-bond donors (Lipinski definition) is 3. The molecule has 1 aromatic heterocycles. The van der Waals surface area contributed by atoms with Crippen LogP contribution in [0, 0.1) is 0 Å². The van der Waals surface area contributed by atoms with E-state index in [1.54, 1.807) is 24.5 Å². The summed E-state index contributed by atoms with van der Waals surface area (Å²) in [5, 5.41) is 13.6. The molecule has 3 N–H and O–H groups in total. The Morgan fingerprint density at radius 2 is 2.38 bits per heavy atom. The Morgan fingerprint density at radius 3 is 3.00 bits per heavy atom. The van der Waals surface area contributed by atoms with Crippen LogP contribution in [0.3, 0.4) is 0 Å². The standard InChI is InChI=1S/C10H13N3O2S/c14-6-2-5-12-10(15)13-9(16)8-3-1-4-11-7-8/h1,3-4,7,14H,2,5-6H2,(H2,12,13,15,16). The molecule has 0 aliphatic carbocycles. The topological polar surface area (TPSA) is 74.2 Å². The zero-order valence-corrected chi connectivity index (χ0v) is 9.46. The van der Waals surface area contributed by atoms with Crippen LogP contribution in [0.4, 0.5) is 4.79 Å². The summed E-state index contributed by atoms with van der Waals surface area (Å²) in [6, 6.07) is 3.14. The maximum Gasteiger partial charge on any atom is 0.319 e. The number of carbonyl (C=O) groups is 1. The molecule has 0 saturated heterocycles. The number of hydrogen-bond acceptors (Lipinski definition) is 4. The number of rotatable bonds is 4. The van der Waals surface area contributed by atoms with Gasteiger partial charge >= 0.3 is 6.03 Å². The first kappa shape index (κ1) is 12.5. The fraction of sp³-hybridized carbons (Fsp3) is 0.300. The minimum atomic E-state index is -0.373. The van der Waals surface area contributed by atoms with Crippen LogP contribution in [0.2, 0.25) is 0 Å². The van der Waals surface area contributed by atoms with Gasteiger partial charge in [0.25, 0.3) is 0 Å². The van der Waals surface area contributed by atoms with Gasteiger partial charge in [-0.05, 0) is 18.6 Å². The van der Waals surface area contributed by atoms with Gasteiger partial charge in [0.1, 0.15) is 4.99 Å². The zero-order chi connectivity index (χ0) is 11.8. The minimum absolute atomic E-state index is 0.0489. The summed E-state index contributed by atoms with van der Waals surface area (Å²) in [4.78, 5) is 15.5. The van der Waals surface area contributed by atoms with Gasteiger partial charge in [-0.1, -0.05) is 12.2 Å². The number of nitrogens with zero attached hydrogens (tertiary/aromatic N) is 1. The number of thiocarbonyl (C=S) groups is 1. The lowest BCUT2D eigenvalue weighted by Crippen LogP contribution is -2.39. The predicted octanol–water partition coefficient (Wildman–Crippen LogP) is 0.439. The van der Waals surface area contributed by atoms with Crippen LogP contribution < -0.4 is 10.6 Å². The third-order valence-electron chi connectivity index (χ3n) is 1.77. The molecule has 16 heavy (non-hydrogen) atoms. The van der Waals surface area contributed by atoms with Gasteiger partial charge in [-0.15, -0.1) is 0 Å². The number of urea groups is 1. The second-order valence-electron chi connectivity index (χ2n) is 3.03. The molecular formula is C10H13N3O2S. The van der Waals surface area contributed by atoms with E-state index in [0.717, 1.165) is 0 Å². The molecule has 86 valence electrons. The maximum absolute atomic E-state index is 11.3. The number of aromatic nitrogens is 1. The third kappa shape index (κ3) is 4.33. The highest BCUT2D eigenvalue weighted by Gasteiger charge is 2.05. The smallest absolute Gasteiger partial charge is 0.319 e. The van der Waals surface area contributed by atoms with E-state index in [1.165, 1.54) is 0 Å². The molecule has 0 aliphatic rings. The van der Waals surface area contributed by atoms with Crippen LogP contribution in [0.1, 0.15) is 12.0 Å². The summed E-state index contributed by atoms with van der Waals surface area (Å²) in [6.07, 6.45) is 3.73. The molecule has 0 unspecified atom stereocenters. The third-order valence-corrected chi connectivity index (χ3v) is 2.11. The Labute approximate surface area is 98.9 Å². The average Bonchev–Trinajstić information content (AvgIpc) is 2.30. The molecule has 2 amide bonds. The summed E-state index contributed by atoms with van der Waals surface area (Å²) < 4.78 is 0. The van der Waals surface area contributed by atoms with Crippen LogP contribution in [0.5, 0.6) is 0 Å². The lowest BCUT2D eigenvalue weighted by molar-refractivity contribution is 0.242. The second kappa shape index (κ2) is 6.86. The van der Waals surface area contributed by atoms with Gasteiger partial charge < -0.3 is 10.4 Å². The lowest BCUT2D eigenvalue weighted by Gasteiger charge is -2.07. The van der Waals surface area contributed by atoms with Crippen molar-refractivity contribution in [3.8, 4) is 0 Å². The summed E-state index contributed by atoms with van der Waals surface area (Å²) in [6.45, 7) is 0.464. The Balaban J connectivity index is 2.37. The maximum atomic E-state index is 11.3. The Kier molecular flexibility index (Phi) is 5.38. The largest absolute Gasteiger partial charge is 0.396 e. The molecule has 0 aromatic carbocycles. The number of carbonyl (C=O) groups excluding carboxylic acids is 1. The number of aliphatic hydroxyl groups excluding tert-OH is 1. The van der Waals surface area contributed by atoms with E-state index in [0.29, 0.717) is 23.5 Å². The molecule has 0 saturated carbocycles. The average molecular weight is 239 g/mol. The molecule has 6 heteroatoms. The molecule has 5 nitrogen and oxygen atoms in total. The van der Waals surface area contributed by atoms with E-state index < -0.39 is 0 Å². The Morgan fingerprint density at radius 1 is 1.56 bits per heavy atom. The van der Waals surface area contributed by atoms with Crippen LogP contribution in [0.25, 0.3) is 0 Å². The lowest BCUT2D eigenvalue weighted by atomic mass is 10.3. The van der Waals surface area contributed by atoms with E-state index in [2.05, 4.69) is 15.6 Å². The molecule has 0 fully saturated rings. The van der Waals surface area contributed by atoms with Gasteiger partial charge in [0.2, 0.25) is 0 Å². The summed E-state index contributed by atoms with van der Waals surface area (Å²) >= 11 is 5.01. The van der Waals surface area contributed by atoms with E-state index in [-0.39, 0.29) is 12.6 Å².